The largest absolute Gasteiger partial charge is 0.324 e. The molecule has 1 aromatic rings. The van der Waals surface area contributed by atoms with E-state index in [9.17, 15) is 0 Å². The van der Waals surface area contributed by atoms with Crippen molar-refractivity contribution in [1.82, 2.24) is 4.57 Å². The summed E-state index contributed by atoms with van der Waals surface area (Å²) in [5, 5.41) is 1.46. The Morgan fingerprint density at radius 1 is 0.923 bits per heavy atom. The minimum Gasteiger partial charge on any atom is -0.324 e. The van der Waals surface area contributed by atoms with Gasteiger partial charge in [0.2, 0.25) is 0 Å². The molecule has 0 spiro atoms. The summed E-state index contributed by atoms with van der Waals surface area (Å²) < 4.78 is 1.81. The van der Waals surface area contributed by atoms with Gasteiger partial charge in [-0.2, -0.15) is 0 Å². The van der Waals surface area contributed by atoms with Crippen LogP contribution in [0.5, 0.6) is 0 Å². The molecule has 1 nitrogen and oxygen atoms in total. The lowest BCUT2D eigenvalue weighted by Gasteiger charge is -1.96. The van der Waals surface area contributed by atoms with Gasteiger partial charge in [-0.05, 0) is 51.1 Å². The van der Waals surface area contributed by atoms with Crippen LogP contribution in [-0.2, 0) is 7.05 Å². The van der Waals surface area contributed by atoms with Crippen LogP contribution in [0.1, 0.15) is 0 Å². The lowest BCUT2D eigenvalue weighted by Crippen LogP contribution is -1.85. The summed E-state index contributed by atoms with van der Waals surface area (Å²) in [5.74, 6) is 0. The van der Waals surface area contributed by atoms with Crippen molar-refractivity contribution in [3.8, 4) is 0 Å². The maximum atomic E-state index is 6.12. The summed E-state index contributed by atoms with van der Waals surface area (Å²) >= 11 is 12.2. The molecule has 0 aromatic carbocycles. The molecule has 0 N–H and O–H groups in total. The van der Waals surface area contributed by atoms with E-state index in [1.165, 1.54) is 0 Å². The van der Waals surface area contributed by atoms with Crippen LogP contribution in [-0.4, -0.2) is 4.57 Å². The molecule has 72 valence electrons. The zero-order valence-corrected chi connectivity index (χ0v) is 11.8. The molecule has 0 amide bonds. The van der Waals surface area contributed by atoms with Crippen LogP contribution < -0.4 is 0 Å². The van der Waals surface area contributed by atoms with Crippen LogP contribution in [0.2, 0.25) is 10.3 Å². The van der Waals surface area contributed by atoms with Crippen molar-refractivity contribution in [3.63, 3.8) is 0 Å². The summed E-state index contributed by atoms with van der Waals surface area (Å²) in [6, 6.07) is 0. The van der Waals surface area contributed by atoms with Gasteiger partial charge >= 0.3 is 0 Å². The van der Waals surface area contributed by atoms with Crippen molar-refractivity contribution in [2.45, 2.75) is 9.79 Å². The molecule has 0 unspecified atom stereocenters. The second-order valence-corrected chi connectivity index (χ2v) is 10.3. The van der Waals surface area contributed by atoms with Crippen LogP contribution in [0, 0.1) is 0 Å². The Bertz CT molecular complexity index is 309. The van der Waals surface area contributed by atoms with Gasteiger partial charge in [-0.15, -0.1) is 0 Å². The average Bonchev–Trinajstić information content (AvgIpc) is 2.40. The Morgan fingerprint density at radius 3 is 1.85 bits per heavy atom. The summed E-state index contributed by atoms with van der Waals surface area (Å²) in [6.07, 6.45) is 0. The number of aromatic nitrogens is 1. The second-order valence-electron chi connectivity index (χ2n) is 2.17. The molecule has 1 aliphatic heterocycles. The Kier molecular flexibility index (Phi) is 3.96. The van der Waals surface area contributed by atoms with Gasteiger partial charge in [-0.3, -0.25) is 0 Å². The van der Waals surface area contributed by atoms with Gasteiger partial charge in [0.25, 0.3) is 0 Å². The van der Waals surface area contributed by atoms with Crippen molar-refractivity contribution in [2.24, 2.45) is 7.05 Å². The van der Waals surface area contributed by atoms with E-state index in [0.717, 1.165) is 20.1 Å². The molecule has 2 rings (SSSR count). The lowest BCUT2D eigenvalue weighted by molar-refractivity contribution is 0.919. The Labute approximate surface area is 105 Å². The molecule has 1 aliphatic rings. The van der Waals surface area contributed by atoms with E-state index in [4.69, 9.17) is 23.2 Å². The molecule has 13 heavy (non-hydrogen) atoms. The third kappa shape index (κ3) is 2.09. The number of hydrogen-bond donors (Lipinski definition) is 0. The number of fused-ring (bicyclic) bond motifs is 1. The van der Waals surface area contributed by atoms with E-state index in [2.05, 4.69) is 0 Å². The first-order chi connectivity index (χ1) is 6.22. The highest BCUT2D eigenvalue weighted by molar-refractivity contribution is 9.36. The Balaban J connectivity index is 2.52. The summed E-state index contributed by atoms with van der Waals surface area (Å²) in [5.41, 5.74) is 0. The molecule has 0 radical (unpaired) electrons. The quantitative estimate of drug-likeness (QED) is 0.590. The predicted octanol–water partition coefficient (Wildman–Crippen LogP) is 5.39. The molecule has 2 heterocycles. The van der Waals surface area contributed by atoms with Gasteiger partial charge < -0.3 is 4.57 Å². The topological polar surface area (TPSA) is 4.93 Å². The molecule has 0 fully saturated rings. The van der Waals surface area contributed by atoms with E-state index in [1.54, 1.807) is 51.1 Å². The number of rotatable bonds is 0. The van der Waals surface area contributed by atoms with Crippen molar-refractivity contribution in [1.29, 1.82) is 0 Å². The minimum absolute atomic E-state index is 0.730. The van der Waals surface area contributed by atoms with Crippen molar-refractivity contribution in [2.75, 3.05) is 0 Å². The molecular weight excluding hydrogens is 305 g/mol. The number of halogens is 2. The molecule has 8 heteroatoms. The van der Waals surface area contributed by atoms with E-state index >= 15 is 0 Å². The third-order valence-electron chi connectivity index (χ3n) is 1.46. The first-order valence-electron chi connectivity index (χ1n) is 3.10. The summed E-state index contributed by atoms with van der Waals surface area (Å²) in [4.78, 5) is 2.17. The Morgan fingerprint density at radius 2 is 1.38 bits per heavy atom. The molecule has 0 saturated carbocycles. The van der Waals surface area contributed by atoms with E-state index < -0.39 is 0 Å². The van der Waals surface area contributed by atoms with Crippen LogP contribution in [0.4, 0.5) is 0 Å². The first kappa shape index (κ1) is 11.1. The normalized spacial score (nSPS) is 16.8. The second kappa shape index (κ2) is 4.63. The van der Waals surface area contributed by atoms with Gasteiger partial charge in [-0.1, -0.05) is 23.2 Å². The molecule has 1 aromatic heterocycles. The smallest absolute Gasteiger partial charge is 0.125 e. The zero-order chi connectivity index (χ0) is 9.42. The standard InChI is InChI=1S/C5H3Cl2NS5/c1-8-4(6)2-3(5(8)7)10-12-13-11-9-2/h1H3. The fraction of sp³-hybridized carbons (Fsp3) is 0.200. The molecular formula is C5H3Cl2NS5. The minimum atomic E-state index is 0.730. The highest BCUT2D eigenvalue weighted by atomic mass is 35.5. The maximum Gasteiger partial charge on any atom is 0.125 e. The highest BCUT2D eigenvalue weighted by Gasteiger charge is 2.22. The van der Waals surface area contributed by atoms with Gasteiger partial charge in [-0.25, -0.2) is 0 Å². The Hall–Kier alpha value is 1.61. The maximum absolute atomic E-state index is 6.12. The molecule has 0 aliphatic carbocycles. The predicted molar refractivity (Wildman–Crippen MR) is 69.9 cm³/mol. The summed E-state index contributed by atoms with van der Waals surface area (Å²) in [6.45, 7) is 0. The lowest BCUT2D eigenvalue weighted by atomic mass is 10.6. The summed E-state index contributed by atoms with van der Waals surface area (Å²) in [7, 11) is 10.4. The van der Waals surface area contributed by atoms with Gasteiger partial charge in [0.1, 0.15) is 10.3 Å². The van der Waals surface area contributed by atoms with Crippen LogP contribution >= 0.6 is 74.3 Å². The molecule has 0 atom stereocenters. The fourth-order valence-corrected chi connectivity index (χ4v) is 10.9. The first-order valence-corrected chi connectivity index (χ1v) is 10.0. The van der Waals surface area contributed by atoms with Crippen molar-refractivity contribution in [3.05, 3.63) is 10.3 Å². The monoisotopic (exact) mass is 307 g/mol. The zero-order valence-electron chi connectivity index (χ0n) is 6.24. The SMILES string of the molecule is Cn1c(Cl)c2c(c1Cl)SSSSS2. The number of hydrogen-bond acceptors (Lipinski definition) is 5. The number of nitrogens with zero attached hydrogens (tertiary/aromatic N) is 1. The fourth-order valence-electron chi connectivity index (χ4n) is 0.830. The van der Waals surface area contributed by atoms with Crippen molar-refractivity contribution >= 4 is 74.3 Å². The molecule has 0 saturated heterocycles. The van der Waals surface area contributed by atoms with Crippen molar-refractivity contribution < 1.29 is 0 Å². The van der Waals surface area contributed by atoms with Crippen LogP contribution in [0.25, 0.3) is 0 Å². The van der Waals surface area contributed by atoms with E-state index in [-0.39, 0.29) is 0 Å². The average molecular weight is 308 g/mol. The van der Waals surface area contributed by atoms with Crippen LogP contribution in [0.3, 0.4) is 0 Å². The molecule has 0 bridgehead atoms. The highest BCUT2D eigenvalue weighted by Crippen LogP contribution is 2.62. The van der Waals surface area contributed by atoms with Gasteiger partial charge in [0.15, 0.2) is 0 Å². The van der Waals surface area contributed by atoms with E-state index in [1.807, 2.05) is 11.6 Å². The van der Waals surface area contributed by atoms with Gasteiger partial charge in [0, 0.05) is 7.05 Å². The van der Waals surface area contributed by atoms with Gasteiger partial charge in [0.05, 0.1) is 9.79 Å². The third-order valence-corrected chi connectivity index (χ3v) is 11.0. The van der Waals surface area contributed by atoms with E-state index in [0.29, 0.717) is 0 Å². The van der Waals surface area contributed by atoms with Crippen LogP contribution in [0.15, 0.2) is 9.79 Å².